The van der Waals surface area contributed by atoms with Crippen molar-refractivity contribution >= 4 is 40.1 Å². The number of halogens is 5. The molecule has 1 aromatic carbocycles. The van der Waals surface area contributed by atoms with Gasteiger partial charge in [-0.3, -0.25) is 14.0 Å². The molecule has 0 unspecified atom stereocenters. The molecule has 1 fully saturated rings. The van der Waals surface area contributed by atoms with Crippen LogP contribution in [0.15, 0.2) is 41.3 Å². The summed E-state index contributed by atoms with van der Waals surface area (Å²) in [7, 11) is 0. The number of benzene rings is 1. The van der Waals surface area contributed by atoms with Crippen LogP contribution in [0.4, 0.5) is 19.0 Å². The van der Waals surface area contributed by atoms with Gasteiger partial charge in [-0.05, 0) is 24.6 Å². The smallest absolute Gasteiger partial charge is 0.353 e. The van der Waals surface area contributed by atoms with Gasteiger partial charge in [0.05, 0.1) is 28.3 Å². The summed E-state index contributed by atoms with van der Waals surface area (Å²) in [5.41, 5.74) is 0.796. The molecule has 172 valence electrons. The first-order valence-corrected chi connectivity index (χ1v) is 11.1. The molecule has 1 aliphatic heterocycles. The molecule has 3 aromatic rings. The van der Waals surface area contributed by atoms with E-state index in [-0.39, 0.29) is 10.7 Å². The van der Waals surface area contributed by atoms with Gasteiger partial charge in [0.2, 0.25) is 0 Å². The zero-order chi connectivity index (χ0) is 22.9. The number of rotatable bonds is 6. The van der Waals surface area contributed by atoms with Gasteiger partial charge in [-0.25, -0.2) is 9.78 Å². The molecule has 0 amide bonds. The molecule has 3 heterocycles. The van der Waals surface area contributed by atoms with Gasteiger partial charge in [0.15, 0.2) is 0 Å². The highest BCUT2D eigenvalue weighted by Crippen LogP contribution is 2.33. The lowest BCUT2D eigenvalue weighted by atomic mass is 10.2. The number of piperazine rings is 1. The molecule has 1 aliphatic rings. The van der Waals surface area contributed by atoms with Crippen molar-refractivity contribution in [2.45, 2.75) is 25.8 Å². The number of anilines is 1. The second kappa shape index (κ2) is 9.33. The third-order valence-corrected chi connectivity index (χ3v) is 6.15. The van der Waals surface area contributed by atoms with Crippen LogP contribution in [-0.4, -0.2) is 51.1 Å². The van der Waals surface area contributed by atoms with Gasteiger partial charge < -0.3 is 4.90 Å². The topological polar surface area (TPSA) is 46.3 Å². The van der Waals surface area contributed by atoms with Crippen molar-refractivity contribution in [1.29, 1.82) is 0 Å². The molecule has 0 aliphatic carbocycles. The van der Waals surface area contributed by atoms with Crippen molar-refractivity contribution in [3.05, 3.63) is 57.6 Å². The van der Waals surface area contributed by atoms with E-state index >= 15 is 0 Å². The summed E-state index contributed by atoms with van der Waals surface area (Å²) in [6.45, 7) is 3.30. The Labute approximate surface area is 192 Å². The lowest BCUT2D eigenvalue weighted by Crippen LogP contribution is -2.48. The van der Waals surface area contributed by atoms with Gasteiger partial charge in [0.1, 0.15) is 5.82 Å². The average Bonchev–Trinajstić information content (AvgIpc) is 3.03. The van der Waals surface area contributed by atoms with Gasteiger partial charge in [0, 0.05) is 44.8 Å². The van der Waals surface area contributed by atoms with E-state index < -0.39 is 11.7 Å². The Morgan fingerprint density at radius 2 is 1.69 bits per heavy atom. The van der Waals surface area contributed by atoms with E-state index in [1.807, 2.05) is 29.2 Å². The fourth-order valence-corrected chi connectivity index (χ4v) is 4.37. The summed E-state index contributed by atoms with van der Waals surface area (Å²) in [4.78, 5) is 21.0. The lowest BCUT2D eigenvalue weighted by Gasteiger charge is -2.35. The SMILES string of the molecule is O=c1n(CCCCl)c2ccccc2n1CN1CCN(c2ncc(C(F)(F)F)cc2Cl)CC1. The van der Waals surface area contributed by atoms with Crippen LogP contribution in [0.3, 0.4) is 0 Å². The molecule has 6 nitrogen and oxygen atoms in total. The Bertz CT molecular complexity index is 1150. The minimum atomic E-state index is -4.48. The van der Waals surface area contributed by atoms with Crippen LogP contribution in [0.1, 0.15) is 12.0 Å². The summed E-state index contributed by atoms with van der Waals surface area (Å²) in [6.07, 6.45) is -2.97. The highest BCUT2D eigenvalue weighted by atomic mass is 35.5. The van der Waals surface area contributed by atoms with Crippen LogP contribution in [0.5, 0.6) is 0 Å². The van der Waals surface area contributed by atoms with Crippen LogP contribution in [-0.2, 0) is 19.4 Å². The monoisotopic (exact) mass is 487 g/mol. The molecular formula is C21H22Cl2F3N5O. The first-order chi connectivity index (χ1) is 15.3. The van der Waals surface area contributed by atoms with E-state index in [9.17, 15) is 18.0 Å². The predicted octanol–water partition coefficient (Wildman–Crippen LogP) is 4.28. The van der Waals surface area contributed by atoms with Crippen LogP contribution in [0.2, 0.25) is 5.02 Å². The second-order valence-electron chi connectivity index (χ2n) is 7.67. The minimum Gasteiger partial charge on any atom is -0.353 e. The number of fused-ring (bicyclic) bond motifs is 1. The van der Waals surface area contributed by atoms with Gasteiger partial charge >= 0.3 is 11.9 Å². The van der Waals surface area contributed by atoms with E-state index in [1.165, 1.54) is 0 Å². The Morgan fingerprint density at radius 1 is 1.03 bits per heavy atom. The summed E-state index contributed by atoms with van der Waals surface area (Å²) < 4.78 is 42.1. The molecule has 1 saturated heterocycles. The number of imidazole rings is 1. The highest BCUT2D eigenvalue weighted by molar-refractivity contribution is 6.33. The molecule has 0 radical (unpaired) electrons. The number of hydrogen-bond donors (Lipinski definition) is 0. The number of alkyl halides is 4. The predicted molar refractivity (Wildman–Crippen MR) is 120 cm³/mol. The standard InChI is InChI=1S/C21H22Cl2F3N5O/c22-6-3-7-30-17-4-1-2-5-18(17)31(20(30)32)14-28-8-10-29(11-9-28)19-16(23)12-15(13-27-19)21(24,25)26/h1-2,4-5,12-13H,3,6-11,14H2. The minimum absolute atomic E-state index is 0.0214. The molecule has 0 N–H and O–H groups in total. The quantitative estimate of drug-likeness (QED) is 0.487. The number of aromatic nitrogens is 3. The van der Waals surface area contributed by atoms with E-state index in [2.05, 4.69) is 9.88 Å². The average molecular weight is 488 g/mol. The summed E-state index contributed by atoms with van der Waals surface area (Å²) >= 11 is 11.9. The lowest BCUT2D eigenvalue weighted by molar-refractivity contribution is -0.137. The van der Waals surface area contributed by atoms with E-state index in [0.717, 1.165) is 23.3 Å². The van der Waals surface area contributed by atoms with Crippen molar-refractivity contribution in [3.63, 3.8) is 0 Å². The van der Waals surface area contributed by atoms with Crippen LogP contribution >= 0.6 is 23.2 Å². The number of aryl methyl sites for hydroxylation is 1. The number of nitrogens with zero attached hydrogens (tertiary/aromatic N) is 5. The third kappa shape index (κ3) is 4.60. The van der Waals surface area contributed by atoms with Crippen molar-refractivity contribution < 1.29 is 13.2 Å². The molecule has 4 rings (SSSR count). The summed E-state index contributed by atoms with van der Waals surface area (Å²) in [6, 6.07) is 8.57. The van der Waals surface area contributed by atoms with Crippen molar-refractivity contribution in [2.24, 2.45) is 0 Å². The zero-order valence-corrected chi connectivity index (χ0v) is 18.7. The van der Waals surface area contributed by atoms with Crippen molar-refractivity contribution in [2.75, 3.05) is 37.0 Å². The maximum Gasteiger partial charge on any atom is 0.417 e. The van der Waals surface area contributed by atoms with E-state index in [1.54, 1.807) is 9.13 Å². The van der Waals surface area contributed by atoms with E-state index in [0.29, 0.717) is 57.5 Å². The first kappa shape index (κ1) is 22.9. The second-order valence-corrected chi connectivity index (χ2v) is 8.45. The maximum absolute atomic E-state index is 13.0. The van der Waals surface area contributed by atoms with Gasteiger partial charge in [-0.2, -0.15) is 13.2 Å². The van der Waals surface area contributed by atoms with Crippen LogP contribution in [0, 0.1) is 0 Å². The van der Waals surface area contributed by atoms with E-state index in [4.69, 9.17) is 23.2 Å². The Kier molecular flexibility index (Phi) is 6.69. The summed E-state index contributed by atoms with van der Waals surface area (Å²) in [5, 5.41) is -0.0214. The first-order valence-electron chi connectivity index (χ1n) is 10.2. The largest absolute Gasteiger partial charge is 0.417 e. The van der Waals surface area contributed by atoms with Crippen LogP contribution in [0.25, 0.3) is 11.0 Å². The Hall–Kier alpha value is -2.23. The molecule has 11 heteroatoms. The van der Waals surface area contributed by atoms with Gasteiger partial charge in [-0.1, -0.05) is 23.7 Å². The molecular weight excluding hydrogens is 466 g/mol. The van der Waals surface area contributed by atoms with Crippen molar-refractivity contribution in [1.82, 2.24) is 19.0 Å². The molecule has 0 bridgehead atoms. The normalized spacial score (nSPS) is 15.6. The number of para-hydroxylation sites is 2. The third-order valence-electron chi connectivity index (χ3n) is 5.60. The summed E-state index contributed by atoms with van der Waals surface area (Å²) in [5.74, 6) is 0.822. The molecule has 0 atom stereocenters. The van der Waals surface area contributed by atoms with Crippen LogP contribution < -0.4 is 10.6 Å². The van der Waals surface area contributed by atoms with Gasteiger partial charge in [0.25, 0.3) is 0 Å². The fourth-order valence-electron chi connectivity index (χ4n) is 3.96. The maximum atomic E-state index is 13.0. The number of pyridine rings is 1. The highest BCUT2D eigenvalue weighted by Gasteiger charge is 2.32. The number of hydrogen-bond acceptors (Lipinski definition) is 4. The molecule has 32 heavy (non-hydrogen) atoms. The molecule has 2 aromatic heterocycles. The zero-order valence-electron chi connectivity index (χ0n) is 17.2. The van der Waals surface area contributed by atoms with Crippen molar-refractivity contribution in [3.8, 4) is 0 Å². The Morgan fingerprint density at radius 3 is 2.28 bits per heavy atom. The molecule has 0 spiro atoms. The van der Waals surface area contributed by atoms with Gasteiger partial charge in [-0.15, -0.1) is 11.6 Å². The fraction of sp³-hybridized carbons (Fsp3) is 0.429. The Balaban J connectivity index is 1.48. The molecule has 0 saturated carbocycles.